The van der Waals surface area contributed by atoms with Gasteiger partial charge in [0.1, 0.15) is 0 Å². The van der Waals surface area contributed by atoms with E-state index in [9.17, 15) is 4.79 Å². The molecule has 1 aromatic carbocycles. The van der Waals surface area contributed by atoms with Crippen LogP contribution in [0.2, 0.25) is 0 Å². The first kappa shape index (κ1) is 10.6. The highest BCUT2D eigenvalue weighted by Gasteiger charge is 2.13. The second-order valence-electron chi connectivity index (χ2n) is 3.65. The lowest BCUT2D eigenvalue weighted by Gasteiger charge is -2.06. The minimum atomic E-state index is -0.445. The molecular weight excluding hydrogens is 258 g/mol. The van der Waals surface area contributed by atoms with Gasteiger partial charge in [0.2, 0.25) is 0 Å². The Morgan fingerprint density at radius 1 is 1.35 bits per heavy atom. The number of halogens is 1. The van der Waals surface area contributed by atoms with Crippen LogP contribution in [-0.4, -0.2) is 4.98 Å². The number of hydrogen-bond acceptors (Lipinski definition) is 3. The summed E-state index contributed by atoms with van der Waals surface area (Å²) in [7, 11) is 0. The molecule has 3 rings (SSSR count). The van der Waals surface area contributed by atoms with Gasteiger partial charge in [-0.1, -0.05) is 12.1 Å². The molecule has 0 aliphatic heterocycles. The topological polar surface area (TPSA) is 46.0 Å². The van der Waals surface area contributed by atoms with Crippen molar-refractivity contribution in [2.45, 2.75) is 5.38 Å². The normalized spacial score (nSPS) is 13.0. The van der Waals surface area contributed by atoms with Crippen LogP contribution in [0.3, 0.4) is 0 Å². The van der Waals surface area contributed by atoms with Gasteiger partial charge in [-0.2, -0.15) is 0 Å². The lowest BCUT2D eigenvalue weighted by Crippen LogP contribution is -1.92. The number of thiophene rings is 1. The highest BCUT2D eigenvalue weighted by molar-refractivity contribution is 7.10. The summed E-state index contributed by atoms with van der Waals surface area (Å²) < 4.78 is 5.01. The third-order valence-corrected chi connectivity index (χ3v) is 4.08. The van der Waals surface area contributed by atoms with Gasteiger partial charge >= 0.3 is 5.76 Å². The average Bonchev–Trinajstić information content (AvgIpc) is 2.94. The summed E-state index contributed by atoms with van der Waals surface area (Å²) >= 11 is 7.96. The maximum atomic E-state index is 11.0. The van der Waals surface area contributed by atoms with Gasteiger partial charge in [-0.3, -0.25) is 4.98 Å². The molecule has 1 atom stereocenters. The Morgan fingerprint density at radius 3 is 3.00 bits per heavy atom. The molecule has 0 aliphatic carbocycles. The number of hydrogen-bond donors (Lipinski definition) is 1. The number of H-pyrrole nitrogens is 1. The first-order valence-electron chi connectivity index (χ1n) is 5.04. The van der Waals surface area contributed by atoms with Crippen LogP contribution in [0.1, 0.15) is 15.8 Å². The van der Waals surface area contributed by atoms with E-state index in [0.717, 1.165) is 10.4 Å². The van der Waals surface area contributed by atoms with Crippen LogP contribution in [0.25, 0.3) is 11.1 Å². The second-order valence-corrected chi connectivity index (χ2v) is 5.06. The molecule has 17 heavy (non-hydrogen) atoms. The lowest BCUT2D eigenvalue weighted by atomic mass is 10.1. The largest absolute Gasteiger partial charge is 0.417 e. The Labute approximate surface area is 106 Å². The van der Waals surface area contributed by atoms with E-state index in [1.165, 1.54) is 0 Å². The smallest absolute Gasteiger partial charge is 0.408 e. The number of benzene rings is 1. The molecule has 0 spiro atoms. The number of rotatable bonds is 2. The fraction of sp³-hybridized carbons (Fsp3) is 0.0833. The van der Waals surface area contributed by atoms with Crippen molar-refractivity contribution in [2.75, 3.05) is 0 Å². The summed E-state index contributed by atoms with van der Waals surface area (Å²) in [5, 5.41) is 1.78. The molecule has 3 aromatic rings. The Hall–Kier alpha value is -1.52. The standard InChI is InChI=1S/C12H8ClNO2S/c13-11(10-2-1-5-17-10)7-3-4-8-9(6-7)16-12(15)14-8/h1-6,11H,(H,14,15). The van der Waals surface area contributed by atoms with Gasteiger partial charge in [-0.15, -0.1) is 22.9 Å². The number of oxazole rings is 1. The molecule has 0 aliphatic rings. The van der Waals surface area contributed by atoms with Crippen LogP contribution >= 0.6 is 22.9 Å². The predicted octanol–water partition coefficient (Wildman–Crippen LogP) is 3.51. The first-order chi connectivity index (χ1) is 8.24. The minimum absolute atomic E-state index is 0.209. The van der Waals surface area contributed by atoms with Crippen molar-refractivity contribution in [1.29, 1.82) is 0 Å². The summed E-state index contributed by atoms with van der Waals surface area (Å²) in [5.41, 5.74) is 2.15. The Balaban J connectivity index is 2.08. The molecule has 0 fully saturated rings. The zero-order chi connectivity index (χ0) is 11.8. The van der Waals surface area contributed by atoms with Crippen molar-refractivity contribution in [2.24, 2.45) is 0 Å². The molecular formula is C12H8ClNO2S. The van der Waals surface area contributed by atoms with Crippen LogP contribution in [0.4, 0.5) is 0 Å². The Kier molecular flexibility index (Phi) is 2.53. The molecule has 0 bridgehead atoms. The van der Waals surface area contributed by atoms with E-state index < -0.39 is 5.76 Å². The van der Waals surface area contributed by atoms with Gasteiger partial charge in [-0.05, 0) is 29.1 Å². The molecule has 0 saturated carbocycles. The van der Waals surface area contributed by atoms with Gasteiger partial charge in [0.05, 0.1) is 10.9 Å². The fourth-order valence-corrected chi connectivity index (χ4v) is 2.81. The molecule has 2 heterocycles. The van der Waals surface area contributed by atoms with Crippen molar-refractivity contribution >= 4 is 34.0 Å². The molecule has 0 amide bonds. The van der Waals surface area contributed by atoms with Gasteiger partial charge in [-0.25, -0.2) is 4.79 Å². The molecule has 1 unspecified atom stereocenters. The maximum Gasteiger partial charge on any atom is 0.417 e. The van der Waals surface area contributed by atoms with Crippen LogP contribution in [0.5, 0.6) is 0 Å². The third-order valence-electron chi connectivity index (χ3n) is 2.53. The van der Waals surface area contributed by atoms with Crippen molar-refractivity contribution in [3.63, 3.8) is 0 Å². The summed E-state index contributed by atoms with van der Waals surface area (Å²) in [4.78, 5) is 14.7. The first-order valence-corrected chi connectivity index (χ1v) is 6.36. The van der Waals surface area contributed by atoms with Crippen molar-refractivity contribution in [1.82, 2.24) is 4.98 Å². The summed E-state index contributed by atoms with van der Waals surface area (Å²) in [6, 6.07) is 9.44. The van der Waals surface area contributed by atoms with E-state index in [1.54, 1.807) is 23.5 Å². The van der Waals surface area contributed by atoms with Crippen LogP contribution in [0.15, 0.2) is 44.9 Å². The summed E-state index contributed by atoms with van der Waals surface area (Å²) in [6.07, 6.45) is 0. The van der Waals surface area contributed by atoms with Crippen LogP contribution in [0, 0.1) is 0 Å². The van der Waals surface area contributed by atoms with Crippen molar-refractivity contribution in [3.05, 3.63) is 56.7 Å². The van der Waals surface area contributed by atoms with E-state index in [1.807, 2.05) is 23.6 Å². The zero-order valence-electron chi connectivity index (χ0n) is 8.64. The molecule has 0 radical (unpaired) electrons. The lowest BCUT2D eigenvalue weighted by molar-refractivity contribution is 0.555. The molecule has 2 aromatic heterocycles. The number of fused-ring (bicyclic) bond motifs is 1. The molecule has 0 saturated heterocycles. The average molecular weight is 266 g/mol. The van der Waals surface area contributed by atoms with Gasteiger partial charge in [0.15, 0.2) is 5.58 Å². The number of aromatic amines is 1. The monoisotopic (exact) mass is 265 g/mol. The van der Waals surface area contributed by atoms with Gasteiger partial charge < -0.3 is 4.42 Å². The zero-order valence-corrected chi connectivity index (χ0v) is 10.2. The fourth-order valence-electron chi connectivity index (χ4n) is 1.72. The van der Waals surface area contributed by atoms with E-state index in [0.29, 0.717) is 11.1 Å². The molecule has 1 N–H and O–H groups in total. The Morgan fingerprint density at radius 2 is 2.24 bits per heavy atom. The highest BCUT2D eigenvalue weighted by atomic mass is 35.5. The molecule has 5 heteroatoms. The highest BCUT2D eigenvalue weighted by Crippen LogP contribution is 2.32. The molecule has 86 valence electrons. The third kappa shape index (κ3) is 1.90. The van der Waals surface area contributed by atoms with Crippen molar-refractivity contribution in [3.8, 4) is 0 Å². The van der Waals surface area contributed by atoms with Crippen molar-refractivity contribution < 1.29 is 4.42 Å². The summed E-state index contributed by atoms with van der Waals surface area (Å²) in [5.74, 6) is -0.445. The van der Waals surface area contributed by atoms with Gasteiger partial charge in [0.25, 0.3) is 0 Å². The SMILES string of the molecule is O=c1[nH]c2ccc(C(Cl)c3cccs3)cc2o1. The van der Waals surface area contributed by atoms with Crippen LogP contribution < -0.4 is 5.76 Å². The Bertz CT molecular complexity index is 699. The molecule has 3 nitrogen and oxygen atoms in total. The van der Waals surface area contributed by atoms with Gasteiger partial charge in [0, 0.05) is 4.88 Å². The minimum Gasteiger partial charge on any atom is -0.408 e. The van der Waals surface area contributed by atoms with E-state index in [2.05, 4.69) is 4.98 Å². The van der Waals surface area contributed by atoms with E-state index in [-0.39, 0.29) is 5.38 Å². The van der Waals surface area contributed by atoms with E-state index >= 15 is 0 Å². The predicted molar refractivity (Wildman–Crippen MR) is 68.8 cm³/mol. The van der Waals surface area contributed by atoms with Crippen LogP contribution in [-0.2, 0) is 0 Å². The maximum absolute atomic E-state index is 11.0. The quantitative estimate of drug-likeness (QED) is 0.721. The summed E-state index contributed by atoms with van der Waals surface area (Å²) in [6.45, 7) is 0. The number of nitrogens with one attached hydrogen (secondary N) is 1. The number of aromatic nitrogens is 1. The number of alkyl halides is 1. The van der Waals surface area contributed by atoms with E-state index in [4.69, 9.17) is 16.0 Å². The second kappa shape index (κ2) is 4.05.